The van der Waals surface area contributed by atoms with E-state index in [0.717, 1.165) is 18.6 Å². The number of hydrogen-bond donors (Lipinski definition) is 1. The smallest absolute Gasteiger partial charge is 0.322 e. The molecule has 1 aromatic rings. The standard InChI is InChI=1S/C16H25NO3/c1-5-20-16(18)13(3)17-12(2)6-7-14-8-10-15(19-4)11-9-14/h8-13,17H,5-7H2,1-4H3. The maximum atomic E-state index is 11.5. The van der Waals surface area contributed by atoms with Gasteiger partial charge >= 0.3 is 5.97 Å². The second kappa shape index (κ2) is 8.59. The first-order valence-corrected chi connectivity index (χ1v) is 7.12. The van der Waals surface area contributed by atoms with Gasteiger partial charge < -0.3 is 14.8 Å². The quantitative estimate of drug-likeness (QED) is 0.743. The van der Waals surface area contributed by atoms with E-state index in [1.54, 1.807) is 7.11 Å². The molecule has 0 aliphatic rings. The molecule has 0 heterocycles. The lowest BCUT2D eigenvalue weighted by molar-refractivity contribution is -0.145. The van der Waals surface area contributed by atoms with Crippen molar-refractivity contribution in [3.63, 3.8) is 0 Å². The number of hydrogen-bond acceptors (Lipinski definition) is 4. The Morgan fingerprint density at radius 2 is 1.90 bits per heavy atom. The molecule has 1 aromatic carbocycles. The Bertz CT molecular complexity index is 403. The summed E-state index contributed by atoms with van der Waals surface area (Å²) in [5, 5.41) is 3.26. The largest absolute Gasteiger partial charge is 0.497 e. The molecule has 0 aliphatic carbocycles. The second-order valence-electron chi connectivity index (χ2n) is 4.93. The number of benzene rings is 1. The van der Waals surface area contributed by atoms with Gasteiger partial charge in [0.25, 0.3) is 0 Å². The van der Waals surface area contributed by atoms with Crippen LogP contribution in [0.5, 0.6) is 5.75 Å². The minimum absolute atomic E-state index is 0.191. The average molecular weight is 279 g/mol. The fraction of sp³-hybridized carbons (Fsp3) is 0.562. The predicted molar refractivity (Wildman–Crippen MR) is 80.0 cm³/mol. The number of esters is 1. The highest BCUT2D eigenvalue weighted by molar-refractivity contribution is 5.75. The molecule has 4 nitrogen and oxygen atoms in total. The van der Waals surface area contributed by atoms with Crippen molar-refractivity contribution in [3.05, 3.63) is 29.8 Å². The molecule has 0 saturated carbocycles. The van der Waals surface area contributed by atoms with Crippen LogP contribution in [-0.2, 0) is 16.0 Å². The summed E-state index contributed by atoms with van der Waals surface area (Å²) in [4.78, 5) is 11.5. The molecule has 112 valence electrons. The summed E-state index contributed by atoms with van der Waals surface area (Å²) >= 11 is 0. The van der Waals surface area contributed by atoms with E-state index >= 15 is 0 Å². The van der Waals surface area contributed by atoms with Crippen molar-refractivity contribution in [2.24, 2.45) is 0 Å². The average Bonchev–Trinajstić information content (AvgIpc) is 2.45. The molecule has 1 rings (SSSR count). The molecule has 0 fully saturated rings. The molecule has 0 saturated heterocycles. The number of nitrogens with one attached hydrogen (secondary N) is 1. The lowest BCUT2D eigenvalue weighted by atomic mass is 10.1. The van der Waals surface area contributed by atoms with Crippen molar-refractivity contribution in [1.82, 2.24) is 5.32 Å². The Kier molecular flexibility index (Phi) is 7.09. The van der Waals surface area contributed by atoms with Crippen LogP contribution in [0.4, 0.5) is 0 Å². The minimum Gasteiger partial charge on any atom is -0.497 e. The number of methoxy groups -OCH3 is 1. The summed E-state index contributed by atoms with van der Waals surface area (Å²) in [7, 11) is 1.66. The van der Waals surface area contributed by atoms with Crippen molar-refractivity contribution in [1.29, 1.82) is 0 Å². The summed E-state index contributed by atoms with van der Waals surface area (Å²) in [6.45, 7) is 6.16. The lowest BCUT2D eigenvalue weighted by Crippen LogP contribution is -2.41. The van der Waals surface area contributed by atoms with Crippen LogP contribution in [0.2, 0.25) is 0 Å². The molecule has 0 aromatic heterocycles. The summed E-state index contributed by atoms with van der Waals surface area (Å²) in [6.07, 6.45) is 1.93. The van der Waals surface area contributed by atoms with E-state index in [1.807, 2.05) is 26.0 Å². The summed E-state index contributed by atoms with van der Waals surface area (Å²) in [5.74, 6) is 0.680. The number of aryl methyl sites for hydroxylation is 1. The Hall–Kier alpha value is -1.55. The van der Waals surface area contributed by atoms with Crippen LogP contribution in [0.3, 0.4) is 0 Å². The third-order valence-corrected chi connectivity index (χ3v) is 3.20. The molecule has 4 heteroatoms. The number of carbonyl (C=O) groups excluding carboxylic acids is 1. The van der Waals surface area contributed by atoms with E-state index in [1.165, 1.54) is 5.56 Å². The first kappa shape index (κ1) is 16.5. The molecule has 2 atom stereocenters. The molecule has 0 radical (unpaired) electrons. The molecule has 0 spiro atoms. The highest BCUT2D eigenvalue weighted by Gasteiger charge is 2.15. The Labute approximate surface area is 121 Å². The van der Waals surface area contributed by atoms with Crippen molar-refractivity contribution in [2.75, 3.05) is 13.7 Å². The third-order valence-electron chi connectivity index (χ3n) is 3.20. The van der Waals surface area contributed by atoms with E-state index < -0.39 is 0 Å². The van der Waals surface area contributed by atoms with Gasteiger partial charge in [-0.25, -0.2) is 0 Å². The zero-order valence-corrected chi connectivity index (χ0v) is 12.8. The van der Waals surface area contributed by atoms with E-state index in [0.29, 0.717) is 6.61 Å². The van der Waals surface area contributed by atoms with E-state index in [4.69, 9.17) is 9.47 Å². The molecular weight excluding hydrogens is 254 g/mol. The fourth-order valence-electron chi connectivity index (χ4n) is 2.02. The van der Waals surface area contributed by atoms with E-state index in [9.17, 15) is 4.79 Å². The topological polar surface area (TPSA) is 47.6 Å². The number of rotatable bonds is 8. The van der Waals surface area contributed by atoms with Crippen LogP contribution < -0.4 is 10.1 Å². The summed E-state index contributed by atoms with van der Waals surface area (Å²) < 4.78 is 10.1. The second-order valence-corrected chi connectivity index (χ2v) is 4.93. The van der Waals surface area contributed by atoms with Gasteiger partial charge in [-0.2, -0.15) is 0 Å². The van der Waals surface area contributed by atoms with Gasteiger partial charge in [0.05, 0.1) is 13.7 Å². The summed E-state index contributed by atoms with van der Waals surface area (Å²) in [6, 6.07) is 8.07. The van der Waals surface area contributed by atoms with Crippen LogP contribution in [0.15, 0.2) is 24.3 Å². The van der Waals surface area contributed by atoms with Crippen molar-refractivity contribution < 1.29 is 14.3 Å². The van der Waals surface area contributed by atoms with Crippen molar-refractivity contribution in [3.8, 4) is 5.75 Å². The highest BCUT2D eigenvalue weighted by Crippen LogP contribution is 2.13. The van der Waals surface area contributed by atoms with Gasteiger partial charge in [0.2, 0.25) is 0 Å². The molecule has 2 unspecified atom stereocenters. The van der Waals surface area contributed by atoms with Crippen LogP contribution >= 0.6 is 0 Å². The highest BCUT2D eigenvalue weighted by atomic mass is 16.5. The zero-order valence-electron chi connectivity index (χ0n) is 12.8. The Balaban J connectivity index is 2.34. The first-order chi connectivity index (χ1) is 9.56. The molecule has 20 heavy (non-hydrogen) atoms. The SMILES string of the molecule is CCOC(=O)C(C)NC(C)CCc1ccc(OC)cc1. The van der Waals surface area contributed by atoms with E-state index in [2.05, 4.69) is 24.4 Å². The predicted octanol–water partition coefficient (Wildman–Crippen LogP) is 2.56. The zero-order chi connectivity index (χ0) is 15.0. The van der Waals surface area contributed by atoms with Crippen LogP contribution in [-0.4, -0.2) is 31.8 Å². The fourth-order valence-corrected chi connectivity index (χ4v) is 2.02. The number of carbonyl (C=O) groups is 1. The maximum absolute atomic E-state index is 11.5. The van der Waals surface area contributed by atoms with Crippen LogP contribution in [0.25, 0.3) is 0 Å². The minimum atomic E-state index is -0.263. The molecule has 0 amide bonds. The molecule has 0 aliphatic heterocycles. The lowest BCUT2D eigenvalue weighted by Gasteiger charge is -2.18. The Morgan fingerprint density at radius 3 is 2.45 bits per heavy atom. The molecule has 0 bridgehead atoms. The van der Waals surface area contributed by atoms with Gasteiger partial charge in [0.1, 0.15) is 11.8 Å². The summed E-state index contributed by atoms with van der Waals surface area (Å²) in [5.41, 5.74) is 1.27. The van der Waals surface area contributed by atoms with E-state index in [-0.39, 0.29) is 18.1 Å². The van der Waals surface area contributed by atoms with Crippen LogP contribution in [0, 0.1) is 0 Å². The maximum Gasteiger partial charge on any atom is 0.322 e. The molecule has 1 N–H and O–H groups in total. The van der Waals surface area contributed by atoms with Crippen molar-refractivity contribution in [2.45, 2.75) is 45.7 Å². The first-order valence-electron chi connectivity index (χ1n) is 7.12. The van der Waals surface area contributed by atoms with Gasteiger partial charge in [-0.15, -0.1) is 0 Å². The van der Waals surface area contributed by atoms with Gasteiger partial charge in [0, 0.05) is 6.04 Å². The Morgan fingerprint density at radius 1 is 1.25 bits per heavy atom. The monoisotopic (exact) mass is 279 g/mol. The van der Waals surface area contributed by atoms with Gasteiger partial charge in [-0.05, 0) is 51.3 Å². The molecular formula is C16H25NO3. The van der Waals surface area contributed by atoms with Gasteiger partial charge in [-0.3, -0.25) is 4.79 Å². The normalized spacial score (nSPS) is 13.6. The van der Waals surface area contributed by atoms with Crippen LogP contribution in [0.1, 0.15) is 32.8 Å². The van der Waals surface area contributed by atoms with Gasteiger partial charge in [-0.1, -0.05) is 12.1 Å². The number of ether oxygens (including phenoxy) is 2. The third kappa shape index (κ3) is 5.61. The van der Waals surface area contributed by atoms with Gasteiger partial charge in [0.15, 0.2) is 0 Å². The van der Waals surface area contributed by atoms with Crippen molar-refractivity contribution >= 4 is 5.97 Å².